The molecule has 0 aliphatic rings. The van der Waals surface area contributed by atoms with E-state index in [4.69, 9.17) is 0 Å². The summed E-state index contributed by atoms with van der Waals surface area (Å²) in [5.74, 6) is 0. The highest BCUT2D eigenvalue weighted by Crippen LogP contribution is 2.18. The van der Waals surface area contributed by atoms with Crippen molar-refractivity contribution in [2.75, 3.05) is 7.05 Å². The fraction of sp³-hybridized carbons (Fsp3) is 1.00. The zero-order valence-corrected chi connectivity index (χ0v) is 35.0. The average Bonchev–Trinajstić information content (AvgIpc) is 3.09. The van der Waals surface area contributed by atoms with Gasteiger partial charge < -0.3 is 5.32 Å². The second-order valence-corrected chi connectivity index (χ2v) is 16.0. The molecule has 0 aromatic heterocycles. The van der Waals surface area contributed by atoms with Gasteiger partial charge in [0.2, 0.25) is 0 Å². The minimum atomic E-state index is 0. The molecule has 0 fully saturated rings. The van der Waals surface area contributed by atoms with Crippen molar-refractivity contribution in [3.05, 3.63) is 0 Å². The Morgan fingerprint density at radius 3 is 0.542 bits per heavy atom. The number of hydrogen-bond donors (Lipinski definition) is 1. The molecule has 0 bridgehead atoms. The summed E-state index contributed by atoms with van der Waals surface area (Å²) in [4.78, 5) is 0. The summed E-state index contributed by atoms with van der Waals surface area (Å²) in [7, 11) is 2.19. The van der Waals surface area contributed by atoms with Crippen LogP contribution in [0.1, 0.15) is 284 Å². The van der Waals surface area contributed by atoms with E-state index in [1.165, 1.54) is 270 Å². The lowest BCUT2D eigenvalue weighted by molar-refractivity contribution is 0.434. The van der Waals surface area contributed by atoms with Gasteiger partial charge >= 0.3 is 0 Å². The molecule has 2 heteroatoms. The molecular formula is C46H96ClN. The second-order valence-electron chi connectivity index (χ2n) is 16.0. The van der Waals surface area contributed by atoms with Gasteiger partial charge in [0.05, 0.1) is 0 Å². The zero-order valence-electron chi connectivity index (χ0n) is 34.2. The number of halogens is 1. The Kier molecular flexibility index (Phi) is 49.6. The van der Waals surface area contributed by atoms with Crippen LogP contribution in [0.5, 0.6) is 0 Å². The van der Waals surface area contributed by atoms with Crippen LogP contribution in [0.15, 0.2) is 0 Å². The average molecular weight is 699 g/mol. The van der Waals surface area contributed by atoms with Gasteiger partial charge in [-0.25, -0.2) is 0 Å². The molecule has 0 saturated heterocycles. The van der Waals surface area contributed by atoms with Crippen LogP contribution in [0, 0.1) is 0 Å². The molecule has 0 heterocycles. The highest BCUT2D eigenvalue weighted by molar-refractivity contribution is 5.85. The third kappa shape index (κ3) is 44.3. The molecule has 0 radical (unpaired) electrons. The molecule has 0 saturated carbocycles. The van der Waals surface area contributed by atoms with Crippen molar-refractivity contribution in [2.45, 2.75) is 290 Å². The van der Waals surface area contributed by atoms with E-state index in [0.717, 1.165) is 6.04 Å². The van der Waals surface area contributed by atoms with Crippen LogP contribution in [0.3, 0.4) is 0 Å². The first-order chi connectivity index (χ1) is 23.3. The summed E-state index contributed by atoms with van der Waals surface area (Å²) in [5, 5.41) is 3.62. The standard InChI is InChI=1S/C46H95N.ClH/c1-4-6-8-10-12-14-16-18-20-22-24-26-28-30-32-34-36-38-40-42-44-46(47-3)45-43-41-39-37-35-33-31-29-27-25-23-21-19-17-15-13-11-9-7-5-2;/h46-47H,4-45H2,1-3H3;1H. The molecule has 0 aromatic carbocycles. The van der Waals surface area contributed by atoms with Crippen LogP contribution < -0.4 is 5.32 Å². The molecule has 1 N–H and O–H groups in total. The van der Waals surface area contributed by atoms with Crippen molar-refractivity contribution < 1.29 is 0 Å². The third-order valence-corrected chi connectivity index (χ3v) is 11.2. The van der Waals surface area contributed by atoms with Gasteiger partial charge in [-0.3, -0.25) is 0 Å². The van der Waals surface area contributed by atoms with Crippen LogP contribution >= 0.6 is 12.4 Å². The van der Waals surface area contributed by atoms with E-state index >= 15 is 0 Å². The number of hydrogen-bond acceptors (Lipinski definition) is 1. The van der Waals surface area contributed by atoms with Gasteiger partial charge in [-0.1, -0.05) is 271 Å². The molecule has 292 valence electrons. The van der Waals surface area contributed by atoms with Crippen LogP contribution in [0.2, 0.25) is 0 Å². The molecule has 0 aromatic rings. The van der Waals surface area contributed by atoms with Gasteiger partial charge in [0.25, 0.3) is 0 Å². The molecule has 0 aliphatic heterocycles. The van der Waals surface area contributed by atoms with Crippen molar-refractivity contribution in [1.82, 2.24) is 5.32 Å². The van der Waals surface area contributed by atoms with Gasteiger partial charge in [-0.2, -0.15) is 0 Å². The van der Waals surface area contributed by atoms with Crippen LogP contribution in [0.25, 0.3) is 0 Å². The Balaban J connectivity index is 0. The first-order valence-electron chi connectivity index (χ1n) is 23.0. The minimum absolute atomic E-state index is 0. The van der Waals surface area contributed by atoms with E-state index in [1.807, 2.05) is 0 Å². The van der Waals surface area contributed by atoms with Crippen LogP contribution in [-0.2, 0) is 0 Å². The molecule has 48 heavy (non-hydrogen) atoms. The van der Waals surface area contributed by atoms with Crippen molar-refractivity contribution in [1.29, 1.82) is 0 Å². The zero-order chi connectivity index (χ0) is 34.0. The maximum Gasteiger partial charge on any atom is 0.00640 e. The predicted molar refractivity (Wildman–Crippen MR) is 225 cm³/mol. The first-order valence-corrected chi connectivity index (χ1v) is 23.0. The predicted octanol–water partition coefficient (Wildman–Crippen LogP) is 17.4. The van der Waals surface area contributed by atoms with Crippen molar-refractivity contribution >= 4 is 12.4 Å². The lowest BCUT2D eigenvalue weighted by Gasteiger charge is -2.16. The Bertz CT molecular complexity index is 478. The quantitative estimate of drug-likeness (QED) is 0.0625. The van der Waals surface area contributed by atoms with E-state index in [1.54, 1.807) is 0 Å². The summed E-state index contributed by atoms with van der Waals surface area (Å²) in [6.45, 7) is 4.62. The summed E-state index contributed by atoms with van der Waals surface area (Å²) < 4.78 is 0. The summed E-state index contributed by atoms with van der Waals surface area (Å²) in [5.41, 5.74) is 0. The van der Waals surface area contributed by atoms with E-state index < -0.39 is 0 Å². The van der Waals surface area contributed by atoms with Crippen LogP contribution in [0.4, 0.5) is 0 Å². The van der Waals surface area contributed by atoms with E-state index in [-0.39, 0.29) is 12.4 Å². The molecule has 0 unspecified atom stereocenters. The lowest BCUT2D eigenvalue weighted by atomic mass is 9.99. The SMILES string of the molecule is CCCCCCCCCCCCCCCCCCCCCCC(CCCCCCCCCCCCCCCCCCCCCC)NC.Cl. The summed E-state index contributed by atoms with van der Waals surface area (Å²) in [6.07, 6.45) is 61.6. The second kappa shape index (κ2) is 47.2. The van der Waals surface area contributed by atoms with E-state index in [0.29, 0.717) is 0 Å². The molecule has 0 atom stereocenters. The van der Waals surface area contributed by atoms with Gasteiger partial charge in [0, 0.05) is 6.04 Å². The highest BCUT2D eigenvalue weighted by atomic mass is 35.5. The first kappa shape index (κ1) is 50.4. The Morgan fingerprint density at radius 1 is 0.250 bits per heavy atom. The third-order valence-electron chi connectivity index (χ3n) is 11.2. The Morgan fingerprint density at radius 2 is 0.396 bits per heavy atom. The topological polar surface area (TPSA) is 12.0 Å². The van der Waals surface area contributed by atoms with Crippen LogP contribution in [-0.4, -0.2) is 13.1 Å². The molecule has 0 rings (SSSR count). The van der Waals surface area contributed by atoms with Gasteiger partial charge in [0.1, 0.15) is 0 Å². The number of nitrogens with one attached hydrogen (secondary N) is 1. The fourth-order valence-corrected chi connectivity index (χ4v) is 7.72. The normalized spacial score (nSPS) is 11.5. The van der Waals surface area contributed by atoms with Gasteiger partial charge in [-0.15, -0.1) is 12.4 Å². The molecule has 0 amide bonds. The van der Waals surface area contributed by atoms with Crippen molar-refractivity contribution in [2.24, 2.45) is 0 Å². The van der Waals surface area contributed by atoms with Crippen molar-refractivity contribution in [3.8, 4) is 0 Å². The molecule has 1 nitrogen and oxygen atoms in total. The number of rotatable bonds is 43. The van der Waals surface area contributed by atoms with E-state index in [2.05, 4.69) is 26.2 Å². The Labute approximate surface area is 313 Å². The lowest BCUT2D eigenvalue weighted by Crippen LogP contribution is -2.24. The van der Waals surface area contributed by atoms with Gasteiger partial charge in [0.15, 0.2) is 0 Å². The summed E-state index contributed by atoms with van der Waals surface area (Å²) >= 11 is 0. The highest BCUT2D eigenvalue weighted by Gasteiger charge is 2.05. The maximum absolute atomic E-state index is 3.62. The molecule has 0 aliphatic carbocycles. The van der Waals surface area contributed by atoms with Gasteiger partial charge in [-0.05, 0) is 19.9 Å². The van der Waals surface area contributed by atoms with Crippen molar-refractivity contribution in [3.63, 3.8) is 0 Å². The smallest absolute Gasteiger partial charge is 0.00640 e. The van der Waals surface area contributed by atoms with E-state index in [9.17, 15) is 0 Å². The monoisotopic (exact) mass is 698 g/mol. The number of unbranched alkanes of at least 4 members (excludes halogenated alkanes) is 38. The summed E-state index contributed by atoms with van der Waals surface area (Å²) in [6, 6.07) is 0.765. The maximum atomic E-state index is 3.62. The Hall–Kier alpha value is 0.250. The largest absolute Gasteiger partial charge is 0.317 e. The molecule has 0 spiro atoms. The minimum Gasteiger partial charge on any atom is -0.317 e. The fourth-order valence-electron chi connectivity index (χ4n) is 7.72. The molecular weight excluding hydrogens is 602 g/mol.